The van der Waals surface area contributed by atoms with Gasteiger partial charge in [0.05, 0.1) is 0 Å². The summed E-state index contributed by atoms with van der Waals surface area (Å²) in [5.74, 6) is 0.599. The zero-order valence-corrected chi connectivity index (χ0v) is 13.2. The van der Waals surface area contributed by atoms with Crippen molar-refractivity contribution >= 4 is 15.9 Å². The standard InChI is InChI=1S/C17H19BrN2/c1-19-17(10-14-8-7-13(18)11-20-14)16-9-6-12-4-2-3-5-15(12)16/h2-5,7-8,11,16-17,19H,6,9-10H2,1H3. The van der Waals surface area contributed by atoms with Crippen LogP contribution in [-0.2, 0) is 12.8 Å². The van der Waals surface area contributed by atoms with Gasteiger partial charge in [-0.15, -0.1) is 0 Å². The van der Waals surface area contributed by atoms with Gasteiger partial charge >= 0.3 is 0 Å². The van der Waals surface area contributed by atoms with Gasteiger partial charge in [0.15, 0.2) is 0 Å². The summed E-state index contributed by atoms with van der Waals surface area (Å²) in [7, 11) is 2.06. The molecule has 2 unspecified atom stereocenters. The minimum atomic E-state index is 0.451. The highest BCUT2D eigenvalue weighted by atomic mass is 79.9. The van der Waals surface area contributed by atoms with Crippen LogP contribution in [0.25, 0.3) is 0 Å². The number of aryl methyl sites for hydroxylation is 1. The lowest BCUT2D eigenvalue weighted by Crippen LogP contribution is -2.33. The lowest BCUT2D eigenvalue weighted by Gasteiger charge is -2.24. The van der Waals surface area contributed by atoms with Crippen molar-refractivity contribution in [3.63, 3.8) is 0 Å². The first-order valence-electron chi connectivity index (χ1n) is 7.13. The van der Waals surface area contributed by atoms with E-state index < -0.39 is 0 Å². The van der Waals surface area contributed by atoms with E-state index in [2.05, 4.69) is 69.7 Å². The van der Waals surface area contributed by atoms with E-state index in [0.29, 0.717) is 12.0 Å². The Morgan fingerprint density at radius 1 is 1.30 bits per heavy atom. The molecule has 2 aromatic rings. The number of rotatable bonds is 4. The van der Waals surface area contributed by atoms with Crippen LogP contribution in [0.1, 0.15) is 29.2 Å². The fraction of sp³-hybridized carbons (Fsp3) is 0.353. The third-order valence-corrected chi connectivity index (χ3v) is 4.72. The Morgan fingerprint density at radius 3 is 2.90 bits per heavy atom. The predicted octanol–water partition coefficient (Wildman–Crippen LogP) is 3.70. The van der Waals surface area contributed by atoms with Crippen LogP contribution < -0.4 is 5.32 Å². The van der Waals surface area contributed by atoms with Crippen LogP contribution in [0.2, 0.25) is 0 Å². The van der Waals surface area contributed by atoms with Gasteiger partial charge in [0, 0.05) is 34.7 Å². The topological polar surface area (TPSA) is 24.9 Å². The van der Waals surface area contributed by atoms with Gasteiger partial charge in [0.25, 0.3) is 0 Å². The molecule has 0 fully saturated rings. The van der Waals surface area contributed by atoms with Crippen molar-refractivity contribution in [3.8, 4) is 0 Å². The van der Waals surface area contributed by atoms with Crippen molar-refractivity contribution in [2.24, 2.45) is 0 Å². The fourth-order valence-electron chi connectivity index (χ4n) is 3.21. The van der Waals surface area contributed by atoms with Gasteiger partial charge in [0.2, 0.25) is 0 Å². The molecule has 0 amide bonds. The molecule has 1 heterocycles. The zero-order valence-electron chi connectivity index (χ0n) is 11.6. The summed E-state index contributed by atoms with van der Waals surface area (Å²) in [4.78, 5) is 4.51. The number of nitrogens with one attached hydrogen (secondary N) is 1. The molecule has 2 nitrogen and oxygen atoms in total. The summed E-state index contributed by atoms with van der Waals surface area (Å²) in [6.45, 7) is 0. The smallest absolute Gasteiger partial charge is 0.0420 e. The molecule has 0 radical (unpaired) electrons. The van der Waals surface area contributed by atoms with Crippen LogP contribution in [0.5, 0.6) is 0 Å². The second-order valence-electron chi connectivity index (χ2n) is 5.41. The van der Waals surface area contributed by atoms with Crippen LogP contribution >= 0.6 is 15.9 Å². The molecule has 1 aliphatic carbocycles. The minimum absolute atomic E-state index is 0.451. The number of hydrogen-bond acceptors (Lipinski definition) is 2. The number of halogens is 1. The van der Waals surface area contributed by atoms with Crippen LogP contribution in [-0.4, -0.2) is 18.1 Å². The third kappa shape index (κ3) is 2.79. The maximum atomic E-state index is 4.51. The molecule has 2 atom stereocenters. The Bertz CT molecular complexity index is 580. The second kappa shape index (κ2) is 6.06. The molecule has 1 N–H and O–H groups in total. The Balaban J connectivity index is 1.79. The summed E-state index contributed by atoms with van der Waals surface area (Å²) >= 11 is 3.44. The second-order valence-corrected chi connectivity index (χ2v) is 6.33. The quantitative estimate of drug-likeness (QED) is 0.924. The molecule has 0 spiro atoms. The van der Waals surface area contributed by atoms with E-state index in [-0.39, 0.29) is 0 Å². The van der Waals surface area contributed by atoms with E-state index in [0.717, 1.165) is 16.6 Å². The van der Waals surface area contributed by atoms with Crippen molar-refractivity contribution in [2.75, 3.05) is 7.05 Å². The van der Waals surface area contributed by atoms with Gasteiger partial charge in [-0.1, -0.05) is 24.3 Å². The number of nitrogens with zero attached hydrogens (tertiary/aromatic N) is 1. The molecular formula is C17H19BrN2. The highest BCUT2D eigenvalue weighted by molar-refractivity contribution is 9.10. The Hall–Kier alpha value is -1.19. The number of benzene rings is 1. The molecule has 0 bridgehead atoms. The van der Waals surface area contributed by atoms with Crippen LogP contribution in [0.15, 0.2) is 47.1 Å². The van der Waals surface area contributed by atoms with E-state index >= 15 is 0 Å². The van der Waals surface area contributed by atoms with Crippen LogP contribution in [0.3, 0.4) is 0 Å². The summed E-state index contributed by atoms with van der Waals surface area (Å²) in [5, 5.41) is 3.50. The first-order valence-corrected chi connectivity index (χ1v) is 7.92. The summed E-state index contributed by atoms with van der Waals surface area (Å²) in [6.07, 6.45) is 5.29. The minimum Gasteiger partial charge on any atom is -0.316 e. The molecule has 0 saturated heterocycles. The molecule has 1 aromatic heterocycles. The average molecular weight is 331 g/mol. The highest BCUT2D eigenvalue weighted by Gasteiger charge is 2.28. The summed E-state index contributed by atoms with van der Waals surface area (Å²) < 4.78 is 1.04. The molecule has 20 heavy (non-hydrogen) atoms. The van der Waals surface area contributed by atoms with Gasteiger partial charge in [-0.25, -0.2) is 0 Å². The maximum absolute atomic E-state index is 4.51. The number of likely N-dealkylation sites (N-methyl/N-ethyl adjacent to an activating group) is 1. The van der Waals surface area contributed by atoms with E-state index in [1.807, 2.05) is 6.20 Å². The van der Waals surface area contributed by atoms with Crippen LogP contribution in [0, 0.1) is 0 Å². The molecular weight excluding hydrogens is 312 g/mol. The number of hydrogen-bond donors (Lipinski definition) is 1. The van der Waals surface area contributed by atoms with Crippen LogP contribution in [0.4, 0.5) is 0 Å². The number of pyridine rings is 1. The van der Waals surface area contributed by atoms with E-state index in [9.17, 15) is 0 Å². The molecule has 1 aromatic carbocycles. The SMILES string of the molecule is CNC(Cc1ccc(Br)cn1)C1CCc2ccccc21. The molecule has 1 aliphatic rings. The first-order chi connectivity index (χ1) is 9.78. The van der Waals surface area contributed by atoms with E-state index in [1.54, 1.807) is 0 Å². The van der Waals surface area contributed by atoms with Crippen molar-refractivity contribution in [1.29, 1.82) is 0 Å². The van der Waals surface area contributed by atoms with Gasteiger partial charge in [-0.05, 0) is 59.1 Å². The zero-order chi connectivity index (χ0) is 13.9. The fourth-order valence-corrected chi connectivity index (χ4v) is 3.44. The Labute approximate surface area is 128 Å². The van der Waals surface area contributed by atoms with Gasteiger partial charge < -0.3 is 5.32 Å². The predicted molar refractivity (Wildman–Crippen MR) is 86.0 cm³/mol. The Morgan fingerprint density at radius 2 is 2.15 bits per heavy atom. The molecule has 0 saturated carbocycles. The third-order valence-electron chi connectivity index (χ3n) is 4.25. The number of fused-ring (bicyclic) bond motifs is 1. The summed E-state index contributed by atoms with van der Waals surface area (Å²) in [6, 6.07) is 13.5. The van der Waals surface area contributed by atoms with E-state index in [1.165, 1.54) is 24.0 Å². The number of aromatic nitrogens is 1. The monoisotopic (exact) mass is 330 g/mol. The average Bonchev–Trinajstić information content (AvgIpc) is 2.91. The molecule has 3 heteroatoms. The highest BCUT2D eigenvalue weighted by Crippen LogP contribution is 2.36. The van der Waals surface area contributed by atoms with Gasteiger partial charge in [-0.3, -0.25) is 4.98 Å². The molecule has 104 valence electrons. The largest absolute Gasteiger partial charge is 0.316 e. The normalized spacial score (nSPS) is 18.8. The lowest BCUT2D eigenvalue weighted by atomic mass is 9.90. The van der Waals surface area contributed by atoms with E-state index in [4.69, 9.17) is 0 Å². The first kappa shape index (κ1) is 13.8. The van der Waals surface area contributed by atoms with Crippen molar-refractivity contribution < 1.29 is 0 Å². The molecule has 0 aliphatic heterocycles. The summed E-state index contributed by atoms with van der Waals surface area (Å²) in [5.41, 5.74) is 4.18. The van der Waals surface area contributed by atoms with Gasteiger partial charge in [0.1, 0.15) is 0 Å². The maximum Gasteiger partial charge on any atom is 0.0420 e. The van der Waals surface area contributed by atoms with Crippen molar-refractivity contribution in [2.45, 2.75) is 31.2 Å². The lowest BCUT2D eigenvalue weighted by molar-refractivity contribution is 0.452. The molecule has 3 rings (SSSR count). The van der Waals surface area contributed by atoms with Gasteiger partial charge in [-0.2, -0.15) is 0 Å². The van der Waals surface area contributed by atoms with Crippen molar-refractivity contribution in [1.82, 2.24) is 10.3 Å². The van der Waals surface area contributed by atoms with Crippen molar-refractivity contribution in [3.05, 3.63) is 63.9 Å². The Kier molecular flexibility index (Phi) is 4.18.